The Morgan fingerprint density at radius 2 is 2.35 bits per heavy atom. The molecule has 1 saturated heterocycles. The number of nitrogens with zero attached hydrogens (tertiary/aromatic N) is 4. The number of hydrogen-bond acceptors (Lipinski definition) is 5. The molecule has 0 amide bonds. The second-order valence-electron chi connectivity index (χ2n) is 5.40. The Balaban J connectivity index is 1.63. The van der Waals surface area contributed by atoms with Crippen LogP contribution in [0.5, 0.6) is 0 Å². The van der Waals surface area contributed by atoms with Gasteiger partial charge in [-0.25, -0.2) is 14.5 Å². The Labute approximate surface area is 135 Å². The third kappa shape index (κ3) is 3.58. The van der Waals surface area contributed by atoms with Crippen LogP contribution in [-0.2, 0) is 4.74 Å². The first-order chi connectivity index (χ1) is 11.3. The van der Waals surface area contributed by atoms with E-state index in [1.807, 2.05) is 0 Å². The molecule has 3 heterocycles. The van der Waals surface area contributed by atoms with Crippen molar-refractivity contribution in [2.75, 3.05) is 19.7 Å². The maximum atomic E-state index is 12.2. The van der Waals surface area contributed by atoms with Crippen LogP contribution >= 0.6 is 0 Å². The highest BCUT2D eigenvalue weighted by atomic mass is 16.5. The lowest BCUT2D eigenvalue weighted by atomic mass is 10.2. The molecule has 3 rings (SSSR count). The number of pyridine rings is 1. The van der Waals surface area contributed by atoms with Crippen LogP contribution in [0.4, 0.5) is 0 Å². The normalized spacial score (nSPS) is 17.8. The second kappa shape index (κ2) is 7.07. The van der Waals surface area contributed by atoms with Gasteiger partial charge in [0.15, 0.2) is 11.5 Å². The van der Waals surface area contributed by atoms with Crippen molar-refractivity contribution in [1.29, 1.82) is 0 Å². The van der Waals surface area contributed by atoms with E-state index in [2.05, 4.69) is 20.9 Å². The molecule has 0 aromatic carbocycles. The van der Waals surface area contributed by atoms with Crippen LogP contribution < -0.4 is 0 Å². The van der Waals surface area contributed by atoms with Gasteiger partial charge in [0.2, 0.25) is 0 Å². The van der Waals surface area contributed by atoms with Crippen molar-refractivity contribution in [3.8, 4) is 18.2 Å². The number of likely N-dealkylation sites (tertiary alicyclic amines) is 1. The molecule has 118 valence electrons. The van der Waals surface area contributed by atoms with Crippen LogP contribution in [0.25, 0.3) is 5.82 Å². The Morgan fingerprint density at radius 3 is 3.13 bits per heavy atom. The van der Waals surface area contributed by atoms with E-state index in [4.69, 9.17) is 11.2 Å². The average molecular weight is 310 g/mol. The van der Waals surface area contributed by atoms with Gasteiger partial charge in [-0.2, -0.15) is 5.10 Å². The van der Waals surface area contributed by atoms with Gasteiger partial charge in [0, 0.05) is 18.4 Å². The van der Waals surface area contributed by atoms with Crippen molar-refractivity contribution in [2.24, 2.45) is 0 Å². The van der Waals surface area contributed by atoms with Gasteiger partial charge in [0.05, 0.1) is 6.54 Å². The van der Waals surface area contributed by atoms with Gasteiger partial charge in [-0.3, -0.25) is 4.90 Å². The van der Waals surface area contributed by atoms with Crippen molar-refractivity contribution in [3.05, 3.63) is 42.4 Å². The summed E-state index contributed by atoms with van der Waals surface area (Å²) in [5.41, 5.74) is 0.277. The van der Waals surface area contributed by atoms with Crippen LogP contribution in [0.3, 0.4) is 0 Å². The van der Waals surface area contributed by atoms with E-state index in [-0.39, 0.29) is 11.7 Å². The minimum atomic E-state index is -0.424. The Bertz CT molecular complexity index is 706. The molecule has 1 fully saturated rings. The highest BCUT2D eigenvalue weighted by Gasteiger charge is 2.25. The lowest BCUT2D eigenvalue weighted by Crippen LogP contribution is -2.34. The molecule has 1 aliphatic heterocycles. The molecule has 0 unspecified atom stereocenters. The van der Waals surface area contributed by atoms with Gasteiger partial charge in [-0.1, -0.05) is 12.0 Å². The van der Waals surface area contributed by atoms with E-state index in [0.717, 1.165) is 19.4 Å². The second-order valence-corrected chi connectivity index (χ2v) is 5.40. The lowest BCUT2D eigenvalue weighted by Gasteiger charge is -2.21. The van der Waals surface area contributed by atoms with Crippen molar-refractivity contribution in [2.45, 2.75) is 18.9 Å². The van der Waals surface area contributed by atoms with Crippen LogP contribution in [0.1, 0.15) is 23.3 Å². The Morgan fingerprint density at radius 1 is 1.43 bits per heavy atom. The first kappa shape index (κ1) is 15.3. The van der Waals surface area contributed by atoms with Gasteiger partial charge < -0.3 is 4.74 Å². The quantitative estimate of drug-likeness (QED) is 0.619. The van der Waals surface area contributed by atoms with Gasteiger partial charge >= 0.3 is 5.97 Å². The van der Waals surface area contributed by atoms with E-state index in [1.54, 1.807) is 41.3 Å². The molecule has 0 saturated carbocycles. The summed E-state index contributed by atoms with van der Waals surface area (Å²) in [5.74, 6) is 2.80. The minimum absolute atomic E-state index is 0.198. The van der Waals surface area contributed by atoms with Crippen molar-refractivity contribution in [1.82, 2.24) is 19.7 Å². The Hall–Kier alpha value is -2.65. The number of esters is 1. The molecule has 0 bridgehead atoms. The van der Waals surface area contributed by atoms with Crippen LogP contribution in [0, 0.1) is 12.3 Å². The number of hydrogen-bond donors (Lipinski definition) is 0. The third-order valence-electron chi connectivity index (χ3n) is 3.88. The van der Waals surface area contributed by atoms with Crippen molar-refractivity contribution in [3.63, 3.8) is 0 Å². The zero-order valence-corrected chi connectivity index (χ0v) is 12.8. The molecule has 0 N–H and O–H groups in total. The highest BCUT2D eigenvalue weighted by molar-refractivity contribution is 5.87. The van der Waals surface area contributed by atoms with Crippen LogP contribution in [-0.4, -0.2) is 51.4 Å². The van der Waals surface area contributed by atoms with Crippen LogP contribution in [0.15, 0.2) is 36.7 Å². The molecule has 0 radical (unpaired) electrons. The van der Waals surface area contributed by atoms with E-state index in [1.165, 1.54) is 0 Å². The predicted octanol–water partition coefficient (Wildman–Crippen LogP) is 1.52. The van der Waals surface area contributed by atoms with E-state index in [0.29, 0.717) is 19.0 Å². The van der Waals surface area contributed by atoms with E-state index in [9.17, 15) is 4.79 Å². The topological polar surface area (TPSA) is 60.2 Å². The zero-order valence-electron chi connectivity index (χ0n) is 12.8. The van der Waals surface area contributed by atoms with E-state index < -0.39 is 5.97 Å². The van der Waals surface area contributed by atoms with Gasteiger partial charge in [0.1, 0.15) is 6.61 Å². The summed E-state index contributed by atoms with van der Waals surface area (Å²) < 4.78 is 7.02. The summed E-state index contributed by atoms with van der Waals surface area (Å²) in [4.78, 5) is 18.7. The van der Waals surface area contributed by atoms with E-state index >= 15 is 0 Å². The molecule has 6 heteroatoms. The third-order valence-corrected chi connectivity index (χ3v) is 3.88. The first-order valence-electron chi connectivity index (χ1n) is 7.59. The number of rotatable bonds is 5. The molecule has 23 heavy (non-hydrogen) atoms. The number of carbonyl (C=O) groups is 1. The average Bonchev–Trinajstić information content (AvgIpc) is 3.25. The predicted molar refractivity (Wildman–Crippen MR) is 85.1 cm³/mol. The molecule has 0 spiro atoms. The largest absolute Gasteiger partial charge is 0.459 e. The molecule has 1 aliphatic rings. The van der Waals surface area contributed by atoms with Gasteiger partial charge in [-0.05, 0) is 37.6 Å². The van der Waals surface area contributed by atoms with Gasteiger partial charge in [-0.15, -0.1) is 6.42 Å². The molecule has 2 aromatic heterocycles. The molecular weight excluding hydrogens is 292 g/mol. The lowest BCUT2D eigenvalue weighted by molar-refractivity contribution is 0.0401. The maximum Gasteiger partial charge on any atom is 0.357 e. The summed E-state index contributed by atoms with van der Waals surface area (Å²) in [6, 6.07) is 7.19. The first-order valence-corrected chi connectivity index (χ1v) is 7.59. The minimum Gasteiger partial charge on any atom is -0.459 e. The summed E-state index contributed by atoms with van der Waals surface area (Å²) in [6.07, 6.45) is 10.9. The molecular formula is C17H18N4O2. The van der Waals surface area contributed by atoms with Crippen LogP contribution in [0.2, 0.25) is 0 Å². The number of carbonyl (C=O) groups excluding carboxylic acids is 1. The van der Waals surface area contributed by atoms with Crippen molar-refractivity contribution >= 4 is 5.97 Å². The summed E-state index contributed by atoms with van der Waals surface area (Å²) in [5, 5.41) is 4.10. The highest BCUT2D eigenvalue weighted by Crippen LogP contribution is 2.17. The fourth-order valence-electron chi connectivity index (χ4n) is 2.72. The molecule has 6 nitrogen and oxygen atoms in total. The number of terminal acetylenes is 1. The molecule has 1 atom stereocenters. The standard InChI is InChI=1S/C17H18N4O2/c1-2-10-20-11-4-6-14(20)13-23-17(22)15-7-3-8-16(19-15)21-12-5-9-18-21/h1,3,5,7-9,12,14H,4,6,10-11,13H2/t14-/m1/s1. The summed E-state index contributed by atoms with van der Waals surface area (Å²) >= 11 is 0. The molecule has 2 aromatic rings. The van der Waals surface area contributed by atoms with Gasteiger partial charge in [0.25, 0.3) is 0 Å². The number of ether oxygens (including phenoxy) is 1. The fourth-order valence-corrected chi connectivity index (χ4v) is 2.72. The number of aromatic nitrogens is 3. The summed E-state index contributed by atoms with van der Waals surface area (Å²) in [7, 11) is 0. The SMILES string of the molecule is C#CCN1CCC[C@@H]1COC(=O)c1cccc(-n2cccn2)n1. The van der Waals surface area contributed by atoms with Crippen molar-refractivity contribution < 1.29 is 9.53 Å². The zero-order chi connectivity index (χ0) is 16.1. The monoisotopic (exact) mass is 310 g/mol. The Kier molecular flexibility index (Phi) is 4.69. The summed E-state index contributed by atoms with van der Waals surface area (Å²) in [6.45, 7) is 1.89. The fraction of sp³-hybridized carbons (Fsp3) is 0.353. The smallest absolute Gasteiger partial charge is 0.357 e. The maximum absolute atomic E-state index is 12.2. The molecule has 0 aliphatic carbocycles.